The fourth-order valence-corrected chi connectivity index (χ4v) is 2.16. The molecule has 0 saturated carbocycles. The molecule has 3 rings (SSSR count). The van der Waals surface area contributed by atoms with E-state index in [1.807, 2.05) is 24.3 Å². The van der Waals surface area contributed by atoms with Crippen molar-refractivity contribution in [3.05, 3.63) is 34.7 Å². The molecule has 0 fully saturated rings. The Morgan fingerprint density at radius 3 is 3.12 bits per heavy atom. The number of rotatable bonds is 1. The van der Waals surface area contributed by atoms with Crippen LogP contribution in [0.4, 0.5) is 0 Å². The van der Waals surface area contributed by atoms with Crippen LogP contribution in [0.5, 0.6) is 0 Å². The second kappa shape index (κ2) is 3.49. The van der Waals surface area contributed by atoms with Gasteiger partial charge < -0.3 is 9.47 Å². The first-order chi connectivity index (χ1) is 8.28. The second-order valence-electron chi connectivity index (χ2n) is 3.82. The first kappa shape index (κ1) is 10.2. The standard InChI is InChI=1S/C12H10N2O3/c1-16-11(15)12-6-8-4-2-3-5-9(8)10(12)14-13-7-17-12/h2-6H,7H2,1H3. The SMILES string of the molecule is COC(=O)C12C=c3ccccc3=C1N=NCO2. The van der Waals surface area contributed by atoms with Gasteiger partial charge in [0, 0.05) is 5.22 Å². The summed E-state index contributed by atoms with van der Waals surface area (Å²) in [6, 6.07) is 7.58. The number of hydrogen-bond acceptors (Lipinski definition) is 5. The van der Waals surface area contributed by atoms with Crippen LogP contribution in [0.1, 0.15) is 0 Å². The van der Waals surface area contributed by atoms with Crippen LogP contribution in [0.2, 0.25) is 0 Å². The molecule has 1 aromatic rings. The van der Waals surface area contributed by atoms with Gasteiger partial charge in [-0.2, -0.15) is 10.2 Å². The number of carbonyl (C=O) groups excluding carboxylic acids is 1. The maximum absolute atomic E-state index is 11.9. The highest BCUT2D eigenvalue weighted by Crippen LogP contribution is 2.32. The van der Waals surface area contributed by atoms with Crippen LogP contribution in [-0.4, -0.2) is 25.4 Å². The highest BCUT2D eigenvalue weighted by atomic mass is 16.6. The quantitative estimate of drug-likeness (QED) is 0.635. The Hall–Kier alpha value is -2.01. The van der Waals surface area contributed by atoms with Gasteiger partial charge in [0.2, 0.25) is 5.60 Å². The number of benzene rings is 1. The maximum atomic E-state index is 11.9. The Morgan fingerprint density at radius 2 is 2.29 bits per heavy atom. The van der Waals surface area contributed by atoms with E-state index in [2.05, 4.69) is 10.2 Å². The normalized spacial score (nSPS) is 24.9. The van der Waals surface area contributed by atoms with E-state index in [0.29, 0.717) is 5.70 Å². The van der Waals surface area contributed by atoms with Gasteiger partial charge in [0.25, 0.3) is 0 Å². The van der Waals surface area contributed by atoms with Gasteiger partial charge in [-0.15, -0.1) is 0 Å². The van der Waals surface area contributed by atoms with Crippen LogP contribution < -0.4 is 10.4 Å². The molecular weight excluding hydrogens is 220 g/mol. The summed E-state index contributed by atoms with van der Waals surface area (Å²) in [7, 11) is 1.33. The molecule has 0 spiro atoms. The lowest BCUT2D eigenvalue weighted by atomic mass is 10.0. The second-order valence-corrected chi connectivity index (χ2v) is 3.82. The highest BCUT2D eigenvalue weighted by molar-refractivity contribution is 6.01. The minimum absolute atomic E-state index is 0.0586. The molecule has 1 heterocycles. The van der Waals surface area contributed by atoms with E-state index in [1.165, 1.54) is 7.11 Å². The minimum Gasteiger partial charge on any atom is -0.466 e. The number of methoxy groups -OCH3 is 1. The summed E-state index contributed by atoms with van der Waals surface area (Å²) in [6.07, 6.45) is 1.74. The molecule has 0 amide bonds. The van der Waals surface area contributed by atoms with Crippen molar-refractivity contribution < 1.29 is 14.3 Å². The van der Waals surface area contributed by atoms with Crippen molar-refractivity contribution in [3.63, 3.8) is 0 Å². The number of fused-ring (bicyclic) bond motifs is 2. The fraction of sp³-hybridized carbons (Fsp3) is 0.250. The van der Waals surface area contributed by atoms with Crippen molar-refractivity contribution >= 4 is 17.7 Å². The Labute approximate surface area is 97.1 Å². The van der Waals surface area contributed by atoms with Gasteiger partial charge in [-0.05, 0) is 11.3 Å². The molecule has 1 aliphatic heterocycles. The molecular formula is C12H10N2O3. The molecule has 5 nitrogen and oxygen atoms in total. The first-order valence-electron chi connectivity index (χ1n) is 5.20. The van der Waals surface area contributed by atoms with E-state index >= 15 is 0 Å². The van der Waals surface area contributed by atoms with Gasteiger partial charge >= 0.3 is 5.97 Å². The molecule has 0 N–H and O–H groups in total. The van der Waals surface area contributed by atoms with Gasteiger partial charge in [-0.3, -0.25) is 0 Å². The first-order valence-corrected chi connectivity index (χ1v) is 5.20. The molecule has 1 aromatic carbocycles. The molecule has 2 aliphatic rings. The zero-order chi connectivity index (χ0) is 11.9. The Morgan fingerprint density at radius 1 is 1.47 bits per heavy atom. The van der Waals surface area contributed by atoms with E-state index in [9.17, 15) is 4.79 Å². The summed E-state index contributed by atoms with van der Waals surface area (Å²) >= 11 is 0. The van der Waals surface area contributed by atoms with E-state index in [1.54, 1.807) is 6.08 Å². The average molecular weight is 230 g/mol. The number of ether oxygens (including phenoxy) is 2. The smallest absolute Gasteiger partial charge is 0.348 e. The van der Waals surface area contributed by atoms with Crippen molar-refractivity contribution in [1.29, 1.82) is 0 Å². The van der Waals surface area contributed by atoms with Crippen LogP contribution in [0, 0.1) is 0 Å². The number of esters is 1. The molecule has 0 aromatic heterocycles. The van der Waals surface area contributed by atoms with Crippen molar-refractivity contribution in [1.82, 2.24) is 0 Å². The molecule has 86 valence electrons. The lowest BCUT2D eigenvalue weighted by Crippen LogP contribution is -2.42. The molecule has 1 atom stereocenters. The zero-order valence-corrected chi connectivity index (χ0v) is 9.21. The van der Waals surface area contributed by atoms with Crippen LogP contribution in [0.15, 0.2) is 34.5 Å². The molecule has 0 saturated heterocycles. The Kier molecular flexibility index (Phi) is 2.09. The van der Waals surface area contributed by atoms with Crippen molar-refractivity contribution in [2.75, 3.05) is 13.8 Å². The summed E-state index contributed by atoms with van der Waals surface area (Å²) in [4.78, 5) is 11.9. The predicted octanol–water partition coefficient (Wildman–Crippen LogP) is -0.0594. The summed E-state index contributed by atoms with van der Waals surface area (Å²) in [6.45, 7) is 0.0586. The monoisotopic (exact) mass is 230 g/mol. The van der Waals surface area contributed by atoms with E-state index in [0.717, 1.165) is 10.4 Å². The van der Waals surface area contributed by atoms with Crippen LogP contribution >= 0.6 is 0 Å². The Balaban J connectivity index is 2.35. The molecule has 17 heavy (non-hydrogen) atoms. The van der Waals surface area contributed by atoms with E-state index in [4.69, 9.17) is 9.47 Å². The zero-order valence-electron chi connectivity index (χ0n) is 9.21. The topological polar surface area (TPSA) is 60.2 Å². The van der Waals surface area contributed by atoms with Gasteiger partial charge in [-0.1, -0.05) is 24.3 Å². The number of hydrogen-bond donors (Lipinski definition) is 0. The van der Waals surface area contributed by atoms with Crippen LogP contribution in [0.3, 0.4) is 0 Å². The summed E-state index contributed by atoms with van der Waals surface area (Å²) in [5, 5.41) is 9.65. The fourth-order valence-electron chi connectivity index (χ4n) is 2.16. The minimum atomic E-state index is -1.22. The third kappa shape index (κ3) is 1.26. The molecule has 1 unspecified atom stereocenters. The largest absolute Gasteiger partial charge is 0.466 e. The Bertz CT molecular complexity index is 635. The lowest BCUT2D eigenvalue weighted by molar-refractivity contribution is -0.156. The van der Waals surface area contributed by atoms with Crippen molar-refractivity contribution in [2.45, 2.75) is 5.60 Å². The highest BCUT2D eigenvalue weighted by Gasteiger charge is 2.47. The van der Waals surface area contributed by atoms with Crippen LogP contribution in [-0.2, 0) is 14.3 Å². The van der Waals surface area contributed by atoms with E-state index in [-0.39, 0.29) is 6.73 Å². The van der Waals surface area contributed by atoms with Crippen molar-refractivity contribution in [2.24, 2.45) is 10.2 Å². The predicted molar refractivity (Wildman–Crippen MR) is 59.1 cm³/mol. The third-order valence-corrected chi connectivity index (χ3v) is 2.94. The van der Waals surface area contributed by atoms with Gasteiger partial charge in [0.1, 0.15) is 5.70 Å². The summed E-state index contributed by atoms with van der Waals surface area (Å²) < 4.78 is 10.3. The number of azo groups is 1. The lowest BCUT2D eigenvalue weighted by Gasteiger charge is -2.27. The number of carbonyl (C=O) groups is 1. The average Bonchev–Trinajstić information content (AvgIpc) is 2.73. The van der Waals surface area contributed by atoms with Gasteiger partial charge in [-0.25, -0.2) is 4.79 Å². The molecule has 0 radical (unpaired) electrons. The summed E-state index contributed by atoms with van der Waals surface area (Å²) in [5.41, 5.74) is -0.716. The van der Waals surface area contributed by atoms with Gasteiger partial charge in [0.05, 0.1) is 7.11 Å². The van der Waals surface area contributed by atoms with Gasteiger partial charge in [0.15, 0.2) is 6.73 Å². The third-order valence-electron chi connectivity index (χ3n) is 2.94. The number of nitrogens with zero attached hydrogens (tertiary/aromatic N) is 2. The summed E-state index contributed by atoms with van der Waals surface area (Å²) in [5.74, 6) is -0.470. The van der Waals surface area contributed by atoms with Crippen LogP contribution in [0.25, 0.3) is 11.8 Å². The molecule has 1 aliphatic carbocycles. The molecule has 0 bridgehead atoms. The van der Waals surface area contributed by atoms with Crippen molar-refractivity contribution in [3.8, 4) is 0 Å². The molecule has 5 heteroatoms. The van der Waals surface area contributed by atoms with E-state index < -0.39 is 11.6 Å². The maximum Gasteiger partial charge on any atom is 0.348 e.